The summed E-state index contributed by atoms with van der Waals surface area (Å²) in [6, 6.07) is 3.80. The van der Waals surface area contributed by atoms with E-state index in [1.54, 1.807) is 0 Å². The van der Waals surface area contributed by atoms with E-state index in [4.69, 9.17) is 9.84 Å². The fourth-order valence-corrected chi connectivity index (χ4v) is 1.05. The Morgan fingerprint density at radius 2 is 2.00 bits per heavy atom. The van der Waals surface area contributed by atoms with E-state index in [0.717, 1.165) is 6.07 Å². The quantitative estimate of drug-likeness (QED) is 0.589. The third-order valence-corrected chi connectivity index (χ3v) is 1.95. The molecular weight excluding hydrogens is 228 g/mol. The van der Waals surface area contributed by atoms with Gasteiger partial charge >= 0.3 is 11.9 Å². The van der Waals surface area contributed by atoms with Gasteiger partial charge in [-0.15, -0.1) is 0 Å². The lowest BCUT2D eigenvalue weighted by Crippen LogP contribution is -2.22. The summed E-state index contributed by atoms with van der Waals surface area (Å²) in [7, 11) is 1.37. The van der Waals surface area contributed by atoms with E-state index in [1.807, 2.05) is 0 Å². The Kier molecular flexibility index (Phi) is 4.06. The van der Waals surface area contributed by atoms with Crippen LogP contribution in [0.15, 0.2) is 18.2 Å². The summed E-state index contributed by atoms with van der Waals surface area (Å²) in [6.07, 6.45) is -1.38. The van der Waals surface area contributed by atoms with Crippen molar-refractivity contribution < 1.29 is 29.3 Å². The van der Waals surface area contributed by atoms with E-state index in [-0.39, 0.29) is 17.1 Å². The largest absolute Gasteiger partial charge is 0.504 e. The van der Waals surface area contributed by atoms with Crippen LogP contribution in [0.25, 0.3) is 0 Å². The van der Waals surface area contributed by atoms with Crippen molar-refractivity contribution in [3.8, 4) is 11.5 Å². The third-order valence-electron chi connectivity index (χ3n) is 1.95. The molecular formula is C11H12O6. The second-order valence-corrected chi connectivity index (χ2v) is 3.27. The van der Waals surface area contributed by atoms with Crippen molar-refractivity contribution in [1.29, 1.82) is 0 Å². The first-order valence-corrected chi connectivity index (χ1v) is 4.76. The number of phenols is 1. The predicted molar refractivity (Wildman–Crippen MR) is 56.8 cm³/mol. The van der Waals surface area contributed by atoms with Gasteiger partial charge in [-0.25, -0.2) is 9.59 Å². The molecule has 1 unspecified atom stereocenters. The van der Waals surface area contributed by atoms with Crippen LogP contribution < -0.4 is 4.74 Å². The highest BCUT2D eigenvalue weighted by molar-refractivity contribution is 5.98. The molecule has 92 valence electrons. The zero-order chi connectivity index (χ0) is 13.0. The standard InChI is InChI=1S/C11H12O6/c1-6(12)10(14)17-11(15)7-3-4-9(16-2)8(13)5-7/h3-6,12-13H,1-2H3. The molecule has 2 N–H and O–H groups in total. The first-order valence-electron chi connectivity index (χ1n) is 4.76. The minimum Gasteiger partial charge on any atom is -0.504 e. The van der Waals surface area contributed by atoms with E-state index >= 15 is 0 Å². The van der Waals surface area contributed by atoms with E-state index in [9.17, 15) is 14.7 Å². The Balaban J connectivity index is 2.83. The lowest BCUT2D eigenvalue weighted by atomic mass is 10.2. The van der Waals surface area contributed by atoms with E-state index in [0.29, 0.717) is 0 Å². The number of ether oxygens (including phenoxy) is 2. The molecule has 6 nitrogen and oxygen atoms in total. The number of carbonyl (C=O) groups is 2. The monoisotopic (exact) mass is 240 g/mol. The number of benzene rings is 1. The molecule has 0 spiro atoms. The smallest absolute Gasteiger partial charge is 0.345 e. The first-order chi connectivity index (χ1) is 7.95. The molecule has 0 aliphatic carbocycles. The number of aromatic hydroxyl groups is 1. The van der Waals surface area contributed by atoms with E-state index in [2.05, 4.69) is 4.74 Å². The molecule has 1 rings (SSSR count). The molecule has 0 amide bonds. The van der Waals surface area contributed by atoms with Crippen LogP contribution >= 0.6 is 0 Å². The Morgan fingerprint density at radius 1 is 1.35 bits per heavy atom. The Bertz CT molecular complexity index is 438. The number of hydrogen-bond acceptors (Lipinski definition) is 6. The van der Waals surface area contributed by atoms with Gasteiger partial charge in [0.2, 0.25) is 0 Å². The van der Waals surface area contributed by atoms with Gasteiger partial charge in [0.05, 0.1) is 12.7 Å². The second-order valence-electron chi connectivity index (χ2n) is 3.27. The van der Waals surface area contributed by atoms with Crippen LogP contribution in [0.2, 0.25) is 0 Å². The molecule has 1 aromatic carbocycles. The highest BCUT2D eigenvalue weighted by Crippen LogP contribution is 2.26. The Morgan fingerprint density at radius 3 is 2.47 bits per heavy atom. The molecule has 1 atom stereocenters. The normalized spacial score (nSPS) is 11.7. The molecule has 0 bridgehead atoms. The number of hydrogen-bond donors (Lipinski definition) is 2. The number of carbonyl (C=O) groups excluding carboxylic acids is 2. The van der Waals surface area contributed by atoms with Gasteiger partial charge in [-0.1, -0.05) is 0 Å². The SMILES string of the molecule is COc1ccc(C(=O)OC(=O)C(C)O)cc1O. The van der Waals surface area contributed by atoms with Crippen LogP contribution in [0.1, 0.15) is 17.3 Å². The number of rotatable bonds is 3. The highest BCUT2D eigenvalue weighted by Gasteiger charge is 2.18. The minimum atomic E-state index is -1.38. The topological polar surface area (TPSA) is 93.1 Å². The van der Waals surface area contributed by atoms with E-state index in [1.165, 1.54) is 26.2 Å². The lowest BCUT2D eigenvalue weighted by Gasteiger charge is -2.06. The van der Waals surface area contributed by atoms with Gasteiger partial charge in [-0.2, -0.15) is 0 Å². The van der Waals surface area contributed by atoms with Crippen LogP contribution in [-0.4, -0.2) is 35.4 Å². The van der Waals surface area contributed by atoms with Crippen molar-refractivity contribution in [2.75, 3.05) is 7.11 Å². The fraction of sp³-hybridized carbons (Fsp3) is 0.273. The van der Waals surface area contributed by atoms with Crippen LogP contribution in [-0.2, 0) is 9.53 Å². The molecule has 0 saturated heterocycles. The molecule has 0 fully saturated rings. The molecule has 1 aromatic rings. The maximum Gasteiger partial charge on any atom is 0.345 e. The summed E-state index contributed by atoms with van der Waals surface area (Å²) >= 11 is 0. The van der Waals surface area contributed by atoms with Gasteiger partial charge in [0, 0.05) is 0 Å². The van der Waals surface area contributed by atoms with Crippen molar-refractivity contribution in [2.45, 2.75) is 13.0 Å². The van der Waals surface area contributed by atoms with Gasteiger partial charge in [-0.05, 0) is 25.1 Å². The maximum atomic E-state index is 11.4. The van der Waals surface area contributed by atoms with Crippen molar-refractivity contribution in [2.24, 2.45) is 0 Å². The van der Waals surface area contributed by atoms with Crippen LogP contribution in [0.5, 0.6) is 11.5 Å². The summed E-state index contributed by atoms with van der Waals surface area (Å²) in [5.74, 6) is -2.05. The molecule has 6 heteroatoms. The zero-order valence-electron chi connectivity index (χ0n) is 9.34. The van der Waals surface area contributed by atoms with Gasteiger partial charge in [0.25, 0.3) is 0 Å². The summed E-state index contributed by atoms with van der Waals surface area (Å²) in [6.45, 7) is 1.18. The Labute approximate surface area is 97.4 Å². The van der Waals surface area contributed by atoms with Crippen LogP contribution in [0.4, 0.5) is 0 Å². The third kappa shape index (κ3) is 3.18. The second kappa shape index (κ2) is 5.31. The minimum absolute atomic E-state index is 0.0164. The number of phenolic OH excluding ortho intramolecular Hbond substituents is 1. The zero-order valence-corrected chi connectivity index (χ0v) is 9.34. The van der Waals surface area contributed by atoms with Crippen molar-refractivity contribution in [3.63, 3.8) is 0 Å². The molecule has 0 saturated carbocycles. The fourth-order valence-electron chi connectivity index (χ4n) is 1.05. The molecule has 0 aliphatic heterocycles. The summed E-state index contributed by atoms with van der Waals surface area (Å²) in [5, 5.41) is 18.3. The predicted octanol–water partition coefficient (Wildman–Crippen LogP) is 0.465. The molecule has 17 heavy (non-hydrogen) atoms. The lowest BCUT2D eigenvalue weighted by molar-refractivity contribution is -0.146. The van der Waals surface area contributed by atoms with Gasteiger partial charge in [0.15, 0.2) is 11.5 Å². The summed E-state index contributed by atoms with van der Waals surface area (Å²) < 4.78 is 9.14. The van der Waals surface area contributed by atoms with Gasteiger partial charge in [0.1, 0.15) is 6.10 Å². The molecule has 0 heterocycles. The summed E-state index contributed by atoms with van der Waals surface area (Å²) in [4.78, 5) is 22.4. The number of methoxy groups -OCH3 is 1. The Hall–Kier alpha value is -2.08. The molecule has 0 radical (unpaired) electrons. The number of aliphatic hydroxyl groups excluding tert-OH is 1. The van der Waals surface area contributed by atoms with E-state index < -0.39 is 18.0 Å². The van der Waals surface area contributed by atoms with Crippen molar-refractivity contribution >= 4 is 11.9 Å². The highest BCUT2D eigenvalue weighted by atomic mass is 16.6. The molecule has 0 aromatic heterocycles. The van der Waals surface area contributed by atoms with Crippen LogP contribution in [0, 0.1) is 0 Å². The first kappa shape index (κ1) is 13.0. The average Bonchev–Trinajstić information content (AvgIpc) is 2.28. The number of aliphatic hydroxyl groups is 1. The van der Waals surface area contributed by atoms with Crippen LogP contribution in [0.3, 0.4) is 0 Å². The average molecular weight is 240 g/mol. The van der Waals surface area contributed by atoms with Crippen molar-refractivity contribution in [1.82, 2.24) is 0 Å². The van der Waals surface area contributed by atoms with Gasteiger partial charge < -0.3 is 19.7 Å². The summed E-state index contributed by atoms with van der Waals surface area (Å²) in [5.41, 5.74) is -0.0164. The number of esters is 2. The molecule has 0 aliphatic rings. The maximum absolute atomic E-state index is 11.4. The van der Waals surface area contributed by atoms with Crippen molar-refractivity contribution in [3.05, 3.63) is 23.8 Å². The van der Waals surface area contributed by atoms with Gasteiger partial charge in [-0.3, -0.25) is 0 Å².